The van der Waals surface area contributed by atoms with Crippen LogP contribution in [0.5, 0.6) is 0 Å². The topological polar surface area (TPSA) is 175 Å². The third-order valence-electron chi connectivity index (χ3n) is 11.2. The smallest absolute Gasteiger partial charge is 0.407 e. The molecule has 0 spiro atoms. The Morgan fingerprint density at radius 2 is 1.51 bits per heavy atom. The number of methoxy groups -OCH3 is 2. The zero-order valence-electron chi connectivity index (χ0n) is 33.8. The Bertz CT molecular complexity index is 2320. The molecule has 2 aliphatic rings. The maximum absolute atomic E-state index is 13.9. The molecule has 2 fully saturated rings. The molecule has 14 nitrogen and oxygen atoms in total. The van der Waals surface area contributed by atoms with Gasteiger partial charge in [0.25, 0.3) is 0 Å². The van der Waals surface area contributed by atoms with Gasteiger partial charge in [-0.1, -0.05) is 59.0 Å². The molecule has 16 heteroatoms. The van der Waals surface area contributed by atoms with Crippen molar-refractivity contribution in [2.24, 2.45) is 11.8 Å². The SMILES string of the molecule is COC(=O)N[C@H](C(=O)N1C[Si](C)(C)C[C@H]1c1ncc(-c2ccc(-c3ccc4c(ccc5[nH]c([C@@H]6CCCN6C(=O)[C@@H](NC(=O)OC)C(C)C)nc54)c3)s2)[nH]1)C(C)C. The second-order valence-corrected chi connectivity index (χ2v) is 22.8. The van der Waals surface area contributed by atoms with Crippen LogP contribution in [0.25, 0.3) is 42.8 Å². The average molecular weight is 813 g/mol. The molecule has 0 bridgehead atoms. The molecule has 2 aliphatic heterocycles. The lowest BCUT2D eigenvalue weighted by Crippen LogP contribution is -2.52. The first-order valence-corrected chi connectivity index (χ1v) is 23.8. The van der Waals surface area contributed by atoms with Crippen LogP contribution in [0.15, 0.2) is 48.7 Å². The van der Waals surface area contributed by atoms with Crippen molar-refractivity contribution in [2.75, 3.05) is 26.9 Å². The van der Waals surface area contributed by atoms with Crippen LogP contribution in [-0.4, -0.2) is 101 Å². The van der Waals surface area contributed by atoms with Gasteiger partial charge in [0.15, 0.2) is 0 Å². The van der Waals surface area contributed by atoms with E-state index >= 15 is 0 Å². The minimum atomic E-state index is -1.75. The standard InChI is InChI=1S/C41H52N8O6SSi/c1-22(2)33(46-40(52)54-5)38(50)48-17-9-10-29(48)37-43-27-14-12-24-18-25(11-13-26(24)35(27)45-37)31-15-16-32(56-31)28-19-42-36(44-28)30-20-57(7,8)21-49(30)39(51)34(23(3)4)47-41(53)55-6/h11-16,18-19,22-23,29-30,33-34H,9-10,17,20-21H2,1-8H3,(H,42,44)(H,43,45)(H,46,52)(H,47,53)/t29-,30-,33-,34-/m0/s1. The van der Waals surface area contributed by atoms with E-state index in [4.69, 9.17) is 19.4 Å². The fourth-order valence-electron chi connectivity index (χ4n) is 8.22. The number of carbonyl (C=O) groups excluding carboxylic acids is 4. The molecule has 7 rings (SSSR count). The van der Waals surface area contributed by atoms with E-state index in [2.05, 4.69) is 70.1 Å². The van der Waals surface area contributed by atoms with Gasteiger partial charge in [-0.3, -0.25) is 9.59 Å². The third kappa shape index (κ3) is 8.01. The van der Waals surface area contributed by atoms with Gasteiger partial charge in [0.2, 0.25) is 11.8 Å². The van der Waals surface area contributed by atoms with Gasteiger partial charge in [0, 0.05) is 23.0 Å². The summed E-state index contributed by atoms with van der Waals surface area (Å²) < 4.78 is 9.60. The molecule has 3 aromatic heterocycles. The Morgan fingerprint density at radius 1 is 0.842 bits per heavy atom. The molecule has 0 aliphatic carbocycles. The fraction of sp³-hybridized carbons (Fsp3) is 0.463. The van der Waals surface area contributed by atoms with E-state index in [-0.39, 0.29) is 35.7 Å². The Kier molecular flexibility index (Phi) is 11.2. The Labute approximate surface area is 337 Å². The van der Waals surface area contributed by atoms with E-state index in [1.165, 1.54) is 14.2 Å². The molecule has 302 valence electrons. The van der Waals surface area contributed by atoms with Crippen molar-refractivity contribution in [2.45, 2.75) is 83.8 Å². The largest absolute Gasteiger partial charge is 0.453 e. The van der Waals surface area contributed by atoms with Gasteiger partial charge < -0.3 is 39.9 Å². The van der Waals surface area contributed by atoms with Gasteiger partial charge in [-0.2, -0.15) is 0 Å². The molecule has 2 aromatic carbocycles. The summed E-state index contributed by atoms with van der Waals surface area (Å²) in [5, 5.41) is 7.53. The van der Waals surface area contributed by atoms with Crippen LogP contribution in [0.1, 0.15) is 64.3 Å². The van der Waals surface area contributed by atoms with Crippen LogP contribution < -0.4 is 10.6 Å². The van der Waals surface area contributed by atoms with E-state index in [0.717, 1.165) is 73.4 Å². The average Bonchev–Trinajstić information content (AvgIpc) is 4.03. The molecule has 5 aromatic rings. The van der Waals surface area contributed by atoms with Gasteiger partial charge in [-0.25, -0.2) is 19.6 Å². The summed E-state index contributed by atoms with van der Waals surface area (Å²) in [5.74, 6) is 1.01. The van der Waals surface area contributed by atoms with Crippen molar-refractivity contribution >= 4 is 65.2 Å². The maximum Gasteiger partial charge on any atom is 0.407 e. The van der Waals surface area contributed by atoms with E-state index in [0.29, 0.717) is 12.7 Å². The highest BCUT2D eigenvalue weighted by Gasteiger charge is 2.46. The number of ether oxygens (including phenoxy) is 2. The first kappa shape index (κ1) is 40.0. The number of nitrogens with zero attached hydrogens (tertiary/aromatic N) is 4. The second kappa shape index (κ2) is 16.0. The zero-order valence-corrected chi connectivity index (χ0v) is 35.6. The van der Waals surface area contributed by atoms with E-state index in [1.807, 2.05) is 49.8 Å². The first-order valence-electron chi connectivity index (χ1n) is 19.6. The van der Waals surface area contributed by atoms with Crippen molar-refractivity contribution < 1.29 is 28.7 Å². The number of likely N-dealkylation sites (tertiary alicyclic amines) is 1. The zero-order chi connectivity index (χ0) is 40.8. The molecule has 57 heavy (non-hydrogen) atoms. The molecule has 4 N–H and O–H groups in total. The number of rotatable bonds is 10. The number of H-pyrrole nitrogens is 2. The number of imidazole rings is 2. The van der Waals surface area contributed by atoms with Gasteiger partial charge in [-0.15, -0.1) is 11.3 Å². The number of thiophene rings is 1. The number of alkyl carbamates (subject to hydrolysis) is 2. The van der Waals surface area contributed by atoms with Crippen LogP contribution >= 0.6 is 11.3 Å². The predicted molar refractivity (Wildman–Crippen MR) is 223 cm³/mol. The lowest BCUT2D eigenvalue weighted by atomic mass is 10.0. The normalized spacial score (nSPS) is 19.1. The summed E-state index contributed by atoms with van der Waals surface area (Å²) in [6.07, 6.45) is 2.91. The van der Waals surface area contributed by atoms with Crippen molar-refractivity contribution in [3.63, 3.8) is 0 Å². The number of nitrogens with one attached hydrogen (secondary N) is 4. The second-order valence-electron chi connectivity index (χ2n) is 16.6. The molecular formula is C41H52N8O6SSi. The minimum absolute atomic E-state index is 0.112. The van der Waals surface area contributed by atoms with Gasteiger partial charge in [0.1, 0.15) is 23.7 Å². The van der Waals surface area contributed by atoms with Gasteiger partial charge in [-0.05, 0) is 65.9 Å². The lowest BCUT2D eigenvalue weighted by molar-refractivity contribution is -0.136. The first-order chi connectivity index (χ1) is 27.2. The van der Waals surface area contributed by atoms with Crippen molar-refractivity contribution in [1.29, 1.82) is 0 Å². The van der Waals surface area contributed by atoms with E-state index in [9.17, 15) is 19.2 Å². The third-order valence-corrected chi connectivity index (χ3v) is 15.0. The Hall–Kier alpha value is -5.22. The Morgan fingerprint density at radius 3 is 2.18 bits per heavy atom. The molecule has 0 unspecified atom stereocenters. The highest BCUT2D eigenvalue weighted by Crippen LogP contribution is 2.41. The number of aromatic amines is 2. The molecule has 2 saturated heterocycles. The van der Waals surface area contributed by atoms with Crippen LogP contribution in [0.3, 0.4) is 0 Å². The number of aromatic nitrogens is 4. The maximum atomic E-state index is 13.9. The molecule has 4 amide bonds. The number of amides is 4. The van der Waals surface area contributed by atoms with Crippen LogP contribution in [0, 0.1) is 11.8 Å². The summed E-state index contributed by atoms with van der Waals surface area (Å²) in [6.45, 7) is 12.8. The number of carbonyl (C=O) groups is 4. The summed E-state index contributed by atoms with van der Waals surface area (Å²) in [6, 6.07) is 13.8. The predicted octanol–water partition coefficient (Wildman–Crippen LogP) is 7.39. The van der Waals surface area contributed by atoms with Crippen molar-refractivity contribution in [3.05, 3.63) is 60.3 Å². The minimum Gasteiger partial charge on any atom is -0.453 e. The highest BCUT2D eigenvalue weighted by atomic mass is 32.1. The number of benzene rings is 2. The quantitative estimate of drug-likeness (QED) is 0.106. The molecule has 5 heterocycles. The summed E-state index contributed by atoms with van der Waals surface area (Å²) in [5.41, 5.74) is 3.72. The molecule has 4 atom stereocenters. The summed E-state index contributed by atoms with van der Waals surface area (Å²) >= 11 is 1.67. The highest BCUT2D eigenvalue weighted by molar-refractivity contribution is 7.18. The number of hydrogen-bond acceptors (Lipinski definition) is 9. The summed E-state index contributed by atoms with van der Waals surface area (Å²) in [7, 11) is 0.842. The lowest BCUT2D eigenvalue weighted by Gasteiger charge is -2.30. The number of hydrogen-bond donors (Lipinski definition) is 4. The van der Waals surface area contributed by atoms with Gasteiger partial charge >= 0.3 is 12.2 Å². The molecule has 0 saturated carbocycles. The van der Waals surface area contributed by atoms with Crippen molar-refractivity contribution in [3.8, 4) is 21.0 Å². The summed E-state index contributed by atoms with van der Waals surface area (Å²) in [4.78, 5) is 74.5. The van der Waals surface area contributed by atoms with Crippen LogP contribution in [0.2, 0.25) is 19.1 Å². The van der Waals surface area contributed by atoms with E-state index in [1.54, 1.807) is 11.3 Å². The molecular weight excluding hydrogens is 761 g/mol. The van der Waals surface area contributed by atoms with E-state index < -0.39 is 32.3 Å². The number of fused-ring (bicyclic) bond motifs is 3. The molecule has 0 radical (unpaired) electrons. The fourth-order valence-corrected chi connectivity index (χ4v) is 12.1. The Balaban J connectivity index is 1.10. The van der Waals surface area contributed by atoms with Crippen LogP contribution in [-0.2, 0) is 19.1 Å². The monoisotopic (exact) mass is 812 g/mol. The van der Waals surface area contributed by atoms with Crippen LogP contribution in [0.4, 0.5) is 9.59 Å². The van der Waals surface area contributed by atoms with Gasteiger partial charge in [0.05, 0.1) is 62.2 Å². The van der Waals surface area contributed by atoms with Crippen molar-refractivity contribution in [1.82, 2.24) is 40.4 Å².